The minimum atomic E-state index is -0.250. The van der Waals surface area contributed by atoms with Crippen LogP contribution in [0.2, 0.25) is 0 Å². The molecule has 3 atom stereocenters. The molecule has 1 aliphatic rings. The first-order valence-electron chi connectivity index (χ1n) is 9.46. The van der Waals surface area contributed by atoms with Crippen molar-refractivity contribution in [3.63, 3.8) is 0 Å². The van der Waals surface area contributed by atoms with Crippen LogP contribution in [0.15, 0.2) is 51.7 Å². The number of carbonyl (C=O) groups excluding carboxylic acids is 2. The van der Waals surface area contributed by atoms with E-state index in [1.165, 1.54) is 11.3 Å². The van der Waals surface area contributed by atoms with Gasteiger partial charge in [-0.2, -0.15) is 16.3 Å². The van der Waals surface area contributed by atoms with Crippen LogP contribution >= 0.6 is 11.3 Å². The minimum Gasteiger partial charge on any atom is -0.349 e. The first-order valence-corrected chi connectivity index (χ1v) is 10.4. The number of hydrogen-bond acceptors (Lipinski definition) is 6. The lowest BCUT2D eigenvalue weighted by Crippen LogP contribution is -2.37. The Hall–Kier alpha value is -3.00. The van der Waals surface area contributed by atoms with E-state index in [0.29, 0.717) is 30.1 Å². The van der Waals surface area contributed by atoms with E-state index in [1.807, 2.05) is 41.1 Å². The van der Waals surface area contributed by atoms with Crippen LogP contribution in [0, 0.1) is 5.92 Å². The molecule has 1 aromatic carbocycles. The van der Waals surface area contributed by atoms with Gasteiger partial charge >= 0.3 is 0 Å². The summed E-state index contributed by atoms with van der Waals surface area (Å²) in [5.74, 6) is 0.442. The predicted molar refractivity (Wildman–Crippen MR) is 109 cm³/mol. The zero-order chi connectivity index (χ0) is 20.4. The van der Waals surface area contributed by atoms with Crippen LogP contribution in [0.3, 0.4) is 0 Å². The van der Waals surface area contributed by atoms with E-state index >= 15 is 0 Å². The van der Waals surface area contributed by atoms with Crippen LogP contribution in [0.1, 0.15) is 35.0 Å². The summed E-state index contributed by atoms with van der Waals surface area (Å²) in [5, 5.41) is 10.9. The van der Waals surface area contributed by atoms with Gasteiger partial charge in [-0.05, 0) is 24.3 Å². The van der Waals surface area contributed by atoms with Crippen molar-refractivity contribution < 1.29 is 14.1 Å². The van der Waals surface area contributed by atoms with E-state index in [4.69, 9.17) is 4.52 Å². The molecule has 1 fully saturated rings. The summed E-state index contributed by atoms with van der Waals surface area (Å²) in [6, 6.07) is 11.1. The molecule has 2 aromatic heterocycles. The smallest absolute Gasteiger partial charge is 0.252 e. The molecular formula is C21H22N4O3S. The fourth-order valence-corrected chi connectivity index (χ4v) is 4.41. The zero-order valence-electron chi connectivity index (χ0n) is 16.2. The fourth-order valence-electron chi connectivity index (χ4n) is 3.77. The maximum absolute atomic E-state index is 12.6. The highest BCUT2D eigenvalue weighted by Gasteiger charge is 2.43. The third kappa shape index (κ3) is 4.07. The van der Waals surface area contributed by atoms with Crippen molar-refractivity contribution in [1.29, 1.82) is 0 Å². The number of amides is 2. The molecular weight excluding hydrogens is 388 g/mol. The molecule has 7 nitrogen and oxygen atoms in total. The molecule has 3 aromatic rings. The molecule has 1 N–H and O–H groups in total. The Morgan fingerprint density at radius 2 is 1.97 bits per heavy atom. The molecule has 2 amide bonds. The number of aromatic nitrogens is 2. The number of benzene rings is 1. The third-order valence-corrected chi connectivity index (χ3v) is 5.93. The summed E-state index contributed by atoms with van der Waals surface area (Å²) < 4.78 is 5.56. The van der Waals surface area contributed by atoms with E-state index in [0.717, 1.165) is 5.56 Å². The van der Waals surface area contributed by atoms with E-state index in [1.54, 1.807) is 25.1 Å². The fraction of sp³-hybridized carbons (Fsp3) is 0.333. The molecule has 1 aliphatic carbocycles. The van der Waals surface area contributed by atoms with Crippen LogP contribution in [0.25, 0.3) is 11.4 Å². The van der Waals surface area contributed by atoms with Crippen molar-refractivity contribution in [3.8, 4) is 11.4 Å². The van der Waals surface area contributed by atoms with Crippen molar-refractivity contribution in [3.05, 3.63) is 58.6 Å². The second kappa shape index (κ2) is 8.16. The topological polar surface area (TPSA) is 88.3 Å². The molecule has 150 valence electrons. The molecule has 0 radical (unpaired) electrons. The van der Waals surface area contributed by atoms with Gasteiger partial charge < -0.3 is 14.7 Å². The van der Waals surface area contributed by atoms with Crippen LogP contribution in [-0.2, 0) is 4.79 Å². The molecule has 2 heterocycles. The van der Waals surface area contributed by atoms with E-state index < -0.39 is 0 Å². The lowest BCUT2D eigenvalue weighted by atomic mass is 10.0. The van der Waals surface area contributed by atoms with Gasteiger partial charge in [-0.1, -0.05) is 35.5 Å². The van der Waals surface area contributed by atoms with Crippen LogP contribution in [0.4, 0.5) is 0 Å². The molecule has 0 spiro atoms. The zero-order valence-corrected chi connectivity index (χ0v) is 17.1. The molecule has 1 saturated carbocycles. The van der Waals surface area contributed by atoms with E-state index in [2.05, 4.69) is 15.5 Å². The van der Waals surface area contributed by atoms with Crippen LogP contribution in [-0.4, -0.2) is 47.0 Å². The first-order chi connectivity index (χ1) is 14.0. The second-order valence-corrected chi connectivity index (χ2v) is 8.20. The van der Waals surface area contributed by atoms with Gasteiger partial charge in [-0.15, -0.1) is 0 Å². The molecule has 0 aliphatic heterocycles. The van der Waals surface area contributed by atoms with Gasteiger partial charge in [0.1, 0.15) is 0 Å². The summed E-state index contributed by atoms with van der Waals surface area (Å²) in [7, 11) is 3.49. The highest BCUT2D eigenvalue weighted by Crippen LogP contribution is 2.39. The van der Waals surface area contributed by atoms with Crippen molar-refractivity contribution in [2.24, 2.45) is 5.92 Å². The standard InChI is InChI=1S/C21H22N4O3S/c1-25(2)21(27)15-10-16(17(11-15)22-19(26)14-8-9-29-12-14)20-23-18(24-28-20)13-6-4-3-5-7-13/h3-9,12,15-17H,10-11H2,1-2H3,(H,22,26)/t15-,16-,17+/m1/s1. The largest absolute Gasteiger partial charge is 0.349 e. The summed E-state index contributed by atoms with van der Waals surface area (Å²) in [5.41, 5.74) is 1.48. The number of hydrogen-bond donors (Lipinski definition) is 1. The Bertz CT molecular complexity index is 985. The summed E-state index contributed by atoms with van der Waals surface area (Å²) in [4.78, 5) is 31.3. The molecule has 0 bridgehead atoms. The Kier molecular flexibility index (Phi) is 5.44. The Morgan fingerprint density at radius 3 is 2.66 bits per heavy atom. The first kappa shape index (κ1) is 19.3. The lowest BCUT2D eigenvalue weighted by molar-refractivity contribution is -0.132. The monoisotopic (exact) mass is 410 g/mol. The SMILES string of the molecule is CN(C)C(=O)[C@H]1C[C@H](NC(=O)c2ccsc2)[C@H](c2nc(-c3ccccc3)no2)C1. The summed E-state index contributed by atoms with van der Waals surface area (Å²) in [6.07, 6.45) is 1.10. The Morgan fingerprint density at radius 1 is 1.17 bits per heavy atom. The quantitative estimate of drug-likeness (QED) is 0.698. The highest BCUT2D eigenvalue weighted by molar-refractivity contribution is 7.08. The lowest BCUT2D eigenvalue weighted by Gasteiger charge is -2.17. The minimum absolute atomic E-state index is 0.0464. The average Bonchev–Trinajstić information content (AvgIpc) is 3.48. The summed E-state index contributed by atoms with van der Waals surface area (Å²) in [6.45, 7) is 0. The van der Waals surface area contributed by atoms with Crippen molar-refractivity contribution in [2.75, 3.05) is 14.1 Å². The van der Waals surface area contributed by atoms with Gasteiger partial charge in [-0.25, -0.2) is 0 Å². The van der Waals surface area contributed by atoms with Gasteiger partial charge in [-0.3, -0.25) is 9.59 Å². The van der Waals surface area contributed by atoms with Crippen molar-refractivity contribution in [2.45, 2.75) is 24.8 Å². The molecule has 29 heavy (non-hydrogen) atoms. The third-order valence-electron chi connectivity index (χ3n) is 5.24. The number of thiophene rings is 1. The normalized spacial score (nSPS) is 21.1. The Labute approximate surface area is 172 Å². The van der Waals surface area contributed by atoms with E-state index in [-0.39, 0.29) is 29.7 Å². The van der Waals surface area contributed by atoms with E-state index in [9.17, 15) is 9.59 Å². The van der Waals surface area contributed by atoms with Crippen LogP contribution in [0.5, 0.6) is 0 Å². The molecule has 0 unspecified atom stereocenters. The van der Waals surface area contributed by atoms with Crippen molar-refractivity contribution in [1.82, 2.24) is 20.4 Å². The van der Waals surface area contributed by atoms with Crippen molar-refractivity contribution >= 4 is 23.2 Å². The molecule has 4 rings (SSSR count). The van der Waals surface area contributed by atoms with Gasteiger partial charge in [0.15, 0.2) is 0 Å². The Balaban J connectivity index is 1.58. The number of carbonyl (C=O) groups is 2. The van der Waals surface area contributed by atoms with Gasteiger partial charge in [0.05, 0.1) is 5.92 Å². The number of nitrogens with one attached hydrogen (secondary N) is 1. The molecule has 8 heteroatoms. The highest BCUT2D eigenvalue weighted by atomic mass is 32.1. The average molecular weight is 410 g/mol. The second-order valence-electron chi connectivity index (χ2n) is 7.42. The summed E-state index contributed by atoms with van der Waals surface area (Å²) >= 11 is 1.47. The maximum atomic E-state index is 12.6. The van der Waals surface area contributed by atoms with Crippen LogP contribution < -0.4 is 5.32 Å². The van der Waals surface area contributed by atoms with Gasteiger partial charge in [0.25, 0.3) is 5.91 Å². The maximum Gasteiger partial charge on any atom is 0.252 e. The number of nitrogens with zero attached hydrogens (tertiary/aromatic N) is 3. The number of rotatable bonds is 5. The predicted octanol–water partition coefficient (Wildman–Crippen LogP) is 3.18. The van der Waals surface area contributed by atoms with Gasteiger partial charge in [0.2, 0.25) is 17.6 Å². The molecule has 0 saturated heterocycles. The van der Waals surface area contributed by atoms with Gasteiger partial charge in [0, 0.05) is 42.6 Å².